The van der Waals surface area contributed by atoms with E-state index in [1.165, 1.54) is 6.07 Å². The van der Waals surface area contributed by atoms with E-state index in [9.17, 15) is 18.0 Å². The predicted octanol–water partition coefficient (Wildman–Crippen LogP) is 5.02. The number of para-hydroxylation sites is 1. The molecule has 9 heteroatoms. The molecule has 0 saturated carbocycles. The number of halogens is 3. The smallest absolute Gasteiger partial charge is 0.416 e. The van der Waals surface area contributed by atoms with Gasteiger partial charge in [0.1, 0.15) is 17.3 Å². The largest absolute Gasteiger partial charge is 0.454 e. The molecule has 4 rings (SSSR count). The molecule has 6 nitrogen and oxygen atoms in total. The van der Waals surface area contributed by atoms with Crippen molar-refractivity contribution in [3.63, 3.8) is 0 Å². The molecule has 0 spiro atoms. The van der Waals surface area contributed by atoms with Crippen LogP contribution in [0.15, 0.2) is 47.5 Å². The minimum atomic E-state index is -4.48. The number of benzene rings is 2. The highest BCUT2D eigenvalue weighted by Crippen LogP contribution is 2.41. The Labute approximate surface area is 184 Å². The number of hydrogen-bond acceptors (Lipinski definition) is 4. The first kappa shape index (κ1) is 22.0. The molecule has 2 aromatic carbocycles. The minimum absolute atomic E-state index is 0.124. The Morgan fingerprint density at radius 3 is 2.34 bits per heavy atom. The van der Waals surface area contributed by atoms with Gasteiger partial charge in [0, 0.05) is 31.7 Å². The molecule has 1 saturated heterocycles. The number of ether oxygens (including phenoxy) is 1. The number of nitrogens with one attached hydrogen (secondary N) is 1. The molecule has 32 heavy (non-hydrogen) atoms. The van der Waals surface area contributed by atoms with E-state index in [0.29, 0.717) is 43.3 Å². The van der Waals surface area contributed by atoms with Crippen LogP contribution in [-0.4, -0.2) is 53.4 Å². The predicted molar refractivity (Wildman–Crippen MR) is 116 cm³/mol. The molecule has 0 unspecified atom stereocenters. The number of amides is 2. The van der Waals surface area contributed by atoms with E-state index in [4.69, 9.17) is 4.74 Å². The van der Waals surface area contributed by atoms with E-state index >= 15 is 0 Å². The number of piperazine rings is 1. The van der Waals surface area contributed by atoms with E-state index in [0.717, 1.165) is 12.1 Å². The van der Waals surface area contributed by atoms with Crippen molar-refractivity contribution in [2.45, 2.75) is 32.5 Å². The lowest BCUT2D eigenvalue weighted by molar-refractivity contribution is -0.137. The first-order valence-corrected chi connectivity index (χ1v) is 10.4. The van der Waals surface area contributed by atoms with Gasteiger partial charge in [-0.25, -0.2) is 9.79 Å². The Morgan fingerprint density at radius 2 is 1.69 bits per heavy atom. The Bertz CT molecular complexity index is 1050. The molecule has 2 aliphatic rings. The Hall–Kier alpha value is -3.23. The van der Waals surface area contributed by atoms with Crippen molar-refractivity contribution < 1.29 is 22.7 Å². The molecular formula is C23H25F3N4O2. The highest BCUT2D eigenvalue weighted by Gasteiger charge is 2.33. The zero-order chi connectivity index (χ0) is 23.1. The molecule has 2 aromatic rings. The summed E-state index contributed by atoms with van der Waals surface area (Å²) in [5.41, 5.74) is -0.295. The maximum atomic E-state index is 13.3. The molecule has 2 heterocycles. The third-order valence-electron chi connectivity index (χ3n) is 5.21. The van der Waals surface area contributed by atoms with Gasteiger partial charge in [-0.15, -0.1) is 0 Å². The average Bonchev–Trinajstić information content (AvgIpc) is 2.88. The van der Waals surface area contributed by atoms with E-state index in [1.54, 1.807) is 17.0 Å². The number of amidine groups is 1. The van der Waals surface area contributed by atoms with E-state index < -0.39 is 11.7 Å². The summed E-state index contributed by atoms with van der Waals surface area (Å²) in [6.07, 6.45) is -4.48. The van der Waals surface area contributed by atoms with Gasteiger partial charge in [0.15, 0.2) is 5.75 Å². The van der Waals surface area contributed by atoms with Crippen LogP contribution >= 0.6 is 0 Å². The van der Waals surface area contributed by atoms with Crippen molar-refractivity contribution in [1.29, 1.82) is 0 Å². The number of urea groups is 1. The van der Waals surface area contributed by atoms with Crippen LogP contribution in [0.4, 0.5) is 23.7 Å². The lowest BCUT2D eigenvalue weighted by atomic mass is 10.1. The fourth-order valence-electron chi connectivity index (χ4n) is 3.66. The number of carbonyl (C=O) groups excluding carboxylic acids is 1. The average molecular weight is 446 g/mol. The molecule has 1 fully saturated rings. The monoisotopic (exact) mass is 446 g/mol. The summed E-state index contributed by atoms with van der Waals surface area (Å²) >= 11 is 0. The second-order valence-corrected chi connectivity index (χ2v) is 8.87. The summed E-state index contributed by atoms with van der Waals surface area (Å²) in [5, 5.41) is 2.95. The first-order valence-electron chi connectivity index (χ1n) is 10.4. The van der Waals surface area contributed by atoms with E-state index in [-0.39, 0.29) is 23.0 Å². The molecule has 0 aliphatic carbocycles. The quantitative estimate of drug-likeness (QED) is 0.619. The van der Waals surface area contributed by atoms with Gasteiger partial charge >= 0.3 is 12.2 Å². The topological polar surface area (TPSA) is 57.2 Å². The summed E-state index contributed by atoms with van der Waals surface area (Å²) < 4.78 is 45.7. The number of nitrogens with zero attached hydrogens (tertiary/aromatic N) is 3. The summed E-state index contributed by atoms with van der Waals surface area (Å²) in [7, 11) is 0. The van der Waals surface area contributed by atoms with E-state index in [2.05, 4.69) is 10.3 Å². The molecule has 1 N–H and O–H groups in total. The van der Waals surface area contributed by atoms with Crippen LogP contribution in [0.1, 0.15) is 31.9 Å². The van der Waals surface area contributed by atoms with Crippen LogP contribution in [0.3, 0.4) is 0 Å². The molecule has 0 bridgehead atoms. The van der Waals surface area contributed by atoms with Crippen molar-refractivity contribution in [2.24, 2.45) is 4.99 Å². The molecule has 0 aromatic heterocycles. The Kier molecular flexibility index (Phi) is 5.52. The minimum Gasteiger partial charge on any atom is -0.454 e. The molecule has 170 valence electrons. The van der Waals surface area contributed by atoms with Gasteiger partial charge < -0.3 is 19.9 Å². The normalized spacial score (nSPS) is 16.4. The highest BCUT2D eigenvalue weighted by molar-refractivity contribution is 6.03. The van der Waals surface area contributed by atoms with Gasteiger partial charge in [-0.1, -0.05) is 12.1 Å². The number of rotatable bonds is 0. The fourth-order valence-corrected chi connectivity index (χ4v) is 3.66. The SMILES string of the molecule is CC(C)(C)NC(=O)N1CCN(C2=Nc3cc(C(F)(F)F)ccc3Oc3ccccc32)CC1. The summed E-state index contributed by atoms with van der Waals surface area (Å²) in [4.78, 5) is 20.8. The summed E-state index contributed by atoms with van der Waals surface area (Å²) in [5.74, 6) is 1.33. The highest BCUT2D eigenvalue weighted by atomic mass is 19.4. The van der Waals surface area contributed by atoms with Crippen molar-refractivity contribution in [1.82, 2.24) is 15.1 Å². The van der Waals surface area contributed by atoms with Gasteiger partial charge in [0.2, 0.25) is 0 Å². The third-order valence-corrected chi connectivity index (χ3v) is 5.21. The summed E-state index contributed by atoms with van der Waals surface area (Å²) in [6.45, 7) is 7.71. The zero-order valence-corrected chi connectivity index (χ0v) is 18.2. The van der Waals surface area contributed by atoms with Gasteiger partial charge in [0.25, 0.3) is 0 Å². The fraction of sp³-hybridized carbons (Fsp3) is 0.391. The molecule has 0 radical (unpaired) electrons. The number of aliphatic imine (C=N–C) groups is 1. The number of fused-ring (bicyclic) bond motifs is 2. The first-order chi connectivity index (χ1) is 15.0. The third kappa shape index (κ3) is 4.66. The number of alkyl halides is 3. The van der Waals surface area contributed by atoms with Gasteiger partial charge in [-0.2, -0.15) is 13.2 Å². The number of carbonyl (C=O) groups is 1. The van der Waals surface area contributed by atoms with Crippen LogP contribution in [-0.2, 0) is 6.18 Å². The maximum absolute atomic E-state index is 13.3. The second kappa shape index (κ2) is 8.03. The van der Waals surface area contributed by atoms with Gasteiger partial charge in [-0.3, -0.25) is 0 Å². The van der Waals surface area contributed by atoms with Gasteiger partial charge in [0.05, 0.1) is 11.1 Å². The molecule has 0 atom stereocenters. The lowest BCUT2D eigenvalue weighted by Crippen LogP contribution is -2.56. The van der Waals surface area contributed by atoms with Crippen LogP contribution in [0.25, 0.3) is 0 Å². The van der Waals surface area contributed by atoms with Crippen LogP contribution in [0.5, 0.6) is 11.5 Å². The summed E-state index contributed by atoms with van der Waals surface area (Å²) in [6, 6.07) is 10.4. The van der Waals surface area contributed by atoms with Crippen molar-refractivity contribution in [3.05, 3.63) is 53.6 Å². The van der Waals surface area contributed by atoms with Crippen LogP contribution < -0.4 is 10.1 Å². The standard InChI is InChI=1S/C23H25F3N4O2/c1-22(2,3)28-21(31)30-12-10-29(11-13-30)20-16-6-4-5-7-18(16)32-19-9-8-15(23(24,25)26)14-17(19)27-20/h4-9,14H,10-13H2,1-3H3,(H,28,31). The Balaban J connectivity index is 1.64. The second-order valence-electron chi connectivity index (χ2n) is 8.87. The molecular weight excluding hydrogens is 421 g/mol. The van der Waals surface area contributed by atoms with Crippen molar-refractivity contribution in [2.75, 3.05) is 26.2 Å². The molecule has 2 amide bonds. The van der Waals surface area contributed by atoms with Gasteiger partial charge in [-0.05, 0) is 51.1 Å². The van der Waals surface area contributed by atoms with Crippen LogP contribution in [0.2, 0.25) is 0 Å². The van der Waals surface area contributed by atoms with Crippen molar-refractivity contribution in [3.8, 4) is 11.5 Å². The number of hydrogen-bond donors (Lipinski definition) is 1. The lowest BCUT2D eigenvalue weighted by Gasteiger charge is -2.37. The maximum Gasteiger partial charge on any atom is 0.416 e. The Morgan fingerprint density at radius 1 is 1.00 bits per heavy atom. The van der Waals surface area contributed by atoms with Crippen LogP contribution in [0, 0.1) is 0 Å². The molecule has 2 aliphatic heterocycles. The zero-order valence-electron chi connectivity index (χ0n) is 18.2. The van der Waals surface area contributed by atoms with E-state index in [1.807, 2.05) is 37.8 Å². The van der Waals surface area contributed by atoms with Crippen molar-refractivity contribution >= 4 is 17.6 Å².